The van der Waals surface area contributed by atoms with Crippen molar-refractivity contribution in [1.82, 2.24) is 5.32 Å². The first-order valence-corrected chi connectivity index (χ1v) is 7.79. The highest BCUT2D eigenvalue weighted by Crippen LogP contribution is 2.36. The molecule has 2 aromatic carbocycles. The summed E-state index contributed by atoms with van der Waals surface area (Å²) in [6.45, 7) is 4.56. The second-order valence-electron chi connectivity index (χ2n) is 6.99. The summed E-state index contributed by atoms with van der Waals surface area (Å²) < 4.78 is 0. The number of rotatable bonds is 3. The van der Waals surface area contributed by atoms with Crippen LogP contribution in [-0.2, 0) is 11.2 Å². The van der Waals surface area contributed by atoms with Crippen LogP contribution in [0.25, 0.3) is 10.8 Å². The number of hydrogen-bond acceptors (Lipinski definition) is 1. The first-order chi connectivity index (χ1) is 10.0. The van der Waals surface area contributed by atoms with Gasteiger partial charge >= 0.3 is 0 Å². The van der Waals surface area contributed by atoms with Crippen molar-refractivity contribution in [3.8, 4) is 0 Å². The van der Waals surface area contributed by atoms with E-state index in [1.807, 2.05) is 18.2 Å². The Morgan fingerprint density at radius 2 is 1.95 bits per heavy atom. The summed E-state index contributed by atoms with van der Waals surface area (Å²) in [6, 6.07) is 14.8. The standard InChI is InChI=1S/C19H23NO/c1-19(2)11-10-16(13-19)20-18(21)12-15-8-5-7-14-6-3-4-9-17(14)15/h3-9,16H,10-13H2,1-2H3,(H,20,21). The third-order valence-electron chi connectivity index (χ3n) is 4.56. The maximum Gasteiger partial charge on any atom is 0.224 e. The molecular weight excluding hydrogens is 258 g/mol. The molecule has 1 unspecified atom stereocenters. The molecule has 1 atom stereocenters. The van der Waals surface area contributed by atoms with Crippen molar-refractivity contribution in [2.75, 3.05) is 0 Å². The molecular formula is C19H23NO. The van der Waals surface area contributed by atoms with Gasteiger partial charge in [0.25, 0.3) is 0 Å². The Balaban J connectivity index is 1.69. The molecule has 2 aromatic rings. The zero-order valence-electron chi connectivity index (χ0n) is 12.9. The topological polar surface area (TPSA) is 29.1 Å². The van der Waals surface area contributed by atoms with Crippen LogP contribution in [0.5, 0.6) is 0 Å². The molecule has 0 aliphatic heterocycles. The van der Waals surface area contributed by atoms with Gasteiger partial charge in [-0.25, -0.2) is 0 Å². The zero-order chi connectivity index (χ0) is 14.9. The Hall–Kier alpha value is -1.83. The highest BCUT2D eigenvalue weighted by atomic mass is 16.1. The Labute approximate surface area is 126 Å². The van der Waals surface area contributed by atoms with E-state index in [-0.39, 0.29) is 5.91 Å². The minimum absolute atomic E-state index is 0.147. The first-order valence-electron chi connectivity index (χ1n) is 7.79. The number of amides is 1. The molecule has 0 radical (unpaired) electrons. The largest absolute Gasteiger partial charge is 0.353 e. The van der Waals surface area contributed by atoms with Crippen LogP contribution in [0.2, 0.25) is 0 Å². The molecule has 0 heterocycles. The van der Waals surface area contributed by atoms with E-state index in [2.05, 4.69) is 43.4 Å². The van der Waals surface area contributed by atoms with Crippen LogP contribution in [-0.4, -0.2) is 11.9 Å². The number of nitrogens with one attached hydrogen (secondary N) is 1. The monoisotopic (exact) mass is 281 g/mol. The molecule has 1 N–H and O–H groups in total. The van der Waals surface area contributed by atoms with Crippen molar-refractivity contribution in [3.63, 3.8) is 0 Å². The first kappa shape index (κ1) is 14.1. The van der Waals surface area contributed by atoms with Gasteiger partial charge in [0.05, 0.1) is 6.42 Å². The molecule has 0 bridgehead atoms. The van der Waals surface area contributed by atoms with Gasteiger partial charge in [-0.2, -0.15) is 0 Å². The number of carbonyl (C=O) groups excluding carboxylic acids is 1. The van der Waals surface area contributed by atoms with E-state index in [1.54, 1.807) is 0 Å². The molecule has 0 saturated heterocycles. The Kier molecular flexibility index (Phi) is 3.71. The molecule has 21 heavy (non-hydrogen) atoms. The van der Waals surface area contributed by atoms with Gasteiger partial charge in [0, 0.05) is 6.04 Å². The summed E-state index contributed by atoms with van der Waals surface area (Å²) in [5.74, 6) is 0.147. The minimum Gasteiger partial charge on any atom is -0.353 e. The predicted octanol–water partition coefficient (Wildman–Crippen LogP) is 4.08. The van der Waals surface area contributed by atoms with Crippen molar-refractivity contribution < 1.29 is 4.79 Å². The second-order valence-corrected chi connectivity index (χ2v) is 6.99. The zero-order valence-corrected chi connectivity index (χ0v) is 12.9. The molecule has 1 saturated carbocycles. The van der Waals surface area contributed by atoms with Crippen LogP contribution in [0.1, 0.15) is 38.7 Å². The summed E-state index contributed by atoms with van der Waals surface area (Å²) in [5, 5.41) is 5.59. The molecule has 1 aliphatic rings. The summed E-state index contributed by atoms with van der Waals surface area (Å²) in [6.07, 6.45) is 3.87. The van der Waals surface area contributed by atoms with Crippen molar-refractivity contribution >= 4 is 16.7 Å². The number of fused-ring (bicyclic) bond motifs is 1. The molecule has 2 heteroatoms. The van der Waals surface area contributed by atoms with E-state index in [0.717, 1.165) is 18.4 Å². The molecule has 1 fully saturated rings. The molecule has 2 nitrogen and oxygen atoms in total. The SMILES string of the molecule is CC1(C)CCC(NC(=O)Cc2cccc3ccccc23)C1. The van der Waals surface area contributed by atoms with Gasteiger partial charge in [0.1, 0.15) is 0 Å². The third kappa shape index (κ3) is 3.26. The van der Waals surface area contributed by atoms with E-state index in [9.17, 15) is 4.79 Å². The lowest BCUT2D eigenvalue weighted by Gasteiger charge is -2.18. The van der Waals surface area contributed by atoms with Crippen molar-refractivity contribution in [1.29, 1.82) is 0 Å². The van der Waals surface area contributed by atoms with Crippen LogP contribution in [0.3, 0.4) is 0 Å². The average Bonchev–Trinajstić information content (AvgIpc) is 2.78. The number of benzene rings is 2. The van der Waals surface area contributed by atoms with Gasteiger partial charge in [-0.1, -0.05) is 56.3 Å². The number of hydrogen-bond donors (Lipinski definition) is 1. The van der Waals surface area contributed by atoms with Gasteiger partial charge in [0.15, 0.2) is 0 Å². The predicted molar refractivity (Wildman–Crippen MR) is 87.2 cm³/mol. The lowest BCUT2D eigenvalue weighted by Crippen LogP contribution is -2.34. The molecule has 1 aliphatic carbocycles. The smallest absolute Gasteiger partial charge is 0.224 e. The molecule has 110 valence electrons. The van der Waals surface area contributed by atoms with Crippen LogP contribution >= 0.6 is 0 Å². The van der Waals surface area contributed by atoms with Gasteiger partial charge in [0.2, 0.25) is 5.91 Å². The van der Waals surface area contributed by atoms with Crippen LogP contribution < -0.4 is 5.32 Å². The van der Waals surface area contributed by atoms with Crippen molar-refractivity contribution in [2.45, 2.75) is 45.6 Å². The average molecular weight is 281 g/mol. The van der Waals surface area contributed by atoms with Crippen LogP contribution in [0.15, 0.2) is 42.5 Å². The van der Waals surface area contributed by atoms with Gasteiger partial charge < -0.3 is 5.32 Å². The van der Waals surface area contributed by atoms with Crippen molar-refractivity contribution in [3.05, 3.63) is 48.0 Å². The fourth-order valence-electron chi connectivity index (χ4n) is 3.46. The fraction of sp³-hybridized carbons (Fsp3) is 0.421. The number of carbonyl (C=O) groups is 1. The molecule has 0 spiro atoms. The highest BCUT2D eigenvalue weighted by molar-refractivity contribution is 5.90. The molecule has 0 aromatic heterocycles. The summed E-state index contributed by atoms with van der Waals surface area (Å²) in [7, 11) is 0. The Morgan fingerprint density at radius 3 is 2.71 bits per heavy atom. The van der Waals surface area contributed by atoms with Crippen molar-refractivity contribution in [2.24, 2.45) is 5.41 Å². The Morgan fingerprint density at radius 1 is 1.19 bits per heavy atom. The minimum atomic E-state index is 0.147. The maximum absolute atomic E-state index is 12.3. The summed E-state index contributed by atoms with van der Waals surface area (Å²) >= 11 is 0. The van der Waals surface area contributed by atoms with E-state index >= 15 is 0 Å². The van der Waals surface area contributed by atoms with Crippen LogP contribution in [0.4, 0.5) is 0 Å². The van der Waals surface area contributed by atoms with Gasteiger partial charge in [-0.3, -0.25) is 4.79 Å². The molecule has 3 rings (SSSR count). The van der Waals surface area contributed by atoms with E-state index in [4.69, 9.17) is 0 Å². The lowest BCUT2D eigenvalue weighted by molar-refractivity contribution is -0.121. The van der Waals surface area contributed by atoms with Crippen LogP contribution in [0, 0.1) is 5.41 Å². The second kappa shape index (κ2) is 5.51. The Bertz CT molecular complexity index is 654. The quantitative estimate of drug-likeness (QED) is 0.902. The maximum atomic E-state index is 12.3. The van der Waals surface area contributed by atoms with Gasteiger partial charge in [-0.05, 0) is 41.0 Å². The normalized spacial score (nSPS) is 20.6. The lowest BCUT2D eigenvalue weighted by atomic mass is 9.92. The summed E-state index contributed by atoms with van der Waals surface area (Å²) in [4.78, 5) is 12.3. The van der Waals surface area contributed by atoms with Gasteiger partial charge in [-0.15, -0.1) is 0 Å². The highest BCUT2D eigenvalue weighted by Gasteiger charge is 2.31. The summed E-state index contributed by atoms with van der Waals surface area (Å²) in [5.41, 5.74) is 1.49. The molecule has 1 amide bonds. The fourth-order valence-corrected chi connectivity index (χ4v) is 3.46. The van der Waals surface area contributed by atoms with E-state index in [1.165, 1.54) is 17.2 Å². The van der Waals surface area contributed by atoms with E-state index < -0.39 is 0 Å². The van der Waals surface area contributed by atoms with E-state index in [0.29, 0.717) is 17.9 Å². The third-order valence-corrected chi connectivity index (χ3v) is 4.56.